The van der Waals surface area contributed by atoms with Gasteiger partial charge in [-0.1, -0.05) is 12.1 Å². The summed E-state index contributed by atoms with van der Waals surface area (Å²) in [6, 6.07) is 7.39. The fraction of sp³-hybridized carbons (Fsp3) is 0.400. The van der Waals surface area contributed by atoms with E-state index >= 15 is 0 Å². The first-order valence-corrected chi connectivity index (χ1v) is 7.14. The number of aliphatic imine (C=N–C) groups is 1. The highest BCUT2D eigenvalue weighted by atomic mass is 16.2. The van der Waals surface area contributed by atoms with Crippen LogP contribution in [0.2, 0.25) is 0 Å². The van der Waals surface area contributed by atoms with E-state index in [-0.39, 0.29) is 5.91 Å². The molecule has 3 heterocycles. The molecule has 2 aliphatic heterocycles. The van der Waals surface area contributed by atoms with Gasteiger partial charge in [0.2, 0.25) is 0 Å². The van der Waals surface area contributed by atoms with E-state index in [4.69, 9.17) is 0 Å². The van der Waals surface area contributed by atoms with Gasteiger partial charge < -0.3 is 15.2 Å². The third kappa shape index (κ3) is 1.75. The monoisotopic (exact) mass is 283 g/mol. The number of benzene rings is 1. The number of carbonyl (C=O) groups excluding carboxylic acids is 1. The molecule has 1 atom stereocenters. The molecular weight excluding hydrogens is 266 g/mol. The molecule has 6 heteroatoms. The van der Waals surface area contributed by atoms with Crippen molar-refractivity contribution in [2.45, 2.75) is 25.4 Å². The maximum atomic E-state index is 12.6. The zero-order valence-corrected chi connectivity index (χ0v) is 12.1. The lowest BCUT2D eigenvalue weighted by Crippen LogP contribution is -2.63. The van der Waals surface area contributed by atoms with Crippen LogP contribution in [-0.2, 0) is 4.79 Å². The molecule has 1 fully saturated rings. The molecule has 1 aromatic heterocycles. The Bertz CT molecular complexity index is 727. The summed E-state index contributed by atoms with van der Waals surface area (Å²) >= 11 is 0. The molecule has 4 rings (SSSR count). The first-order chi connectivity index (χ1) is 10.1. The number of hydrogen-bond donors (Lipinski definition) is 2. The minimum absolute atomic E-state index is 0.0279. The first-order valence-electron chi connectivity index (χ1n) is 7.14. The number of fused-ring (bicyclic) bond motifs is 2. The molecule has 6 nitrogen and oxygen atoms in total. The van der Waals surface area contributed by atoms with Crippen molar-refractivity contribution in [3.63, 3.8) is 0 Å². The second kappa shape index (κ2) is 4.07. The minimum atomic E-state index is -0.424. The van der Waals surface area contributed by atoms with Crippen LogP contribution in [0.1, 0.15) is 25.7 Å². The molecule has 1 aromatic carbocycles. The second-order valence-corrected chi connectivity index (χ2v) is 6.05. The van der Waals surface area contributed by atoms with E-state index in [0.717, 1.165) is 30.0 Å². The maximum Gasteiger partial charge on any atom is 0.251 e. The van der Waals surface area contributed by atoms with Crippen LogP contribution in [0.25, 0.3) is 11.0 Å². The van der Waals surface area contributed by atoms with Gasteiger partial charge in [-0.25, -0.2) is 4.98 Å². The van der Waals surface area contributed by atoms with Gasteiger partial charge >= 0.3 is 0 Å². The Morgan fingerprint density at radius 3 is 2.95 bits per heavy atom. The van der Waals surface area contributed by atoms with Crippen molar-refractivity contribution >= 4 is 22.8 Å². The van der Waals surface area contributed by atoms with Gasteiger partial charge in [0.05, 0.1) is 23.1 Å². The molecule has 1 amide bonds. The lowest BCUT2D eigenvalue weighted by Gasteiger charge is -2.42. The van der Waals surface area contributed by atoms with Gasteiger partial charge in [0.1, 0.15) is 11.7 Å². The lowest BCUT2D eigenvalue weighted by molar-refractivity contribution is -0.128. The summed E-state index contributed by atoms with van der Waals surface area (Å²) in [6.07, 6.45) is 0. The molecule has 1 saturated heterocycles. The summed E-state index contributed by atoms with van der Waals surface area (Å²) in [6.45, 7) is 5.45. The topological polar surface area (TPSA) is 73.4 Å². The van der Waals surface area contributed by atoms with Crippen LogP contribution < -0.4 is 5.32 Å². The quantitative estimate of drug-likeness (QED) is 0.826. The predicted octanol–water partition coefficient (Wildman–Crippen LogP) is 1.23. The number of amides is 1. The summed E-state index contributed by atoms with van der Waals surface area (Å²) < 4.78 is 0. The smallest absolute Gasteiger partial charge is 0.251 e. The fourth-order valence-electron chi connectivity index (χ4n) is 3.22. The Balaban J connectivity index is 1.80. The number of H-pyrrole nitrogens is 1. The Morgan fingerprint density at radius 1 is 1.33 bits per heavy atom. The summed E-state index contributed by atoms with van der Waals surface area (Å²) in [5, 5.41) is 3.05. The van der Waals surface area contributed by atoms with Crippen molar-refractivity contribution in [2.75, 3.05) is 13.1 Å². The van der Waals surface area contributed by atoms with Crippen molar-refractivity contribution < 1.29 is 4.79 Å². The number of para-hydroxylation sites is 2. The highest BCUT2D eigenvalue weighted by Crippen LogP contribution is 2.31. The van der Waals surface area contributed by atoms with Crippen LogP contribution >= 0.6 is 0 Å². The average Bonchev–Trinajstić information content (AvgIpc) is 3.04. The van der Waals surface area contributed by atoms with Crippen molar-refractivity contribution in [1.82, 2.24) is 20.2 Å². The number of rotatable bonds is 1. The number of hydrogen-bond acceptors (Lipinski definition) is 4. The van der Waals surface area contributed by atoms with E-state index < -0.39 is 11.6 Å². The Kier molecular flexibility index (Phi) is 2.40. The van der Waals surface area contributed by atoms with Gasteiger partial charge in [-0.3, -0.25) is 9.79 Å². The lowest BCUT2D eigenvalue weighted by atomic mass is 9.96. The van der Waals surface area contributed by atoms with Crippen LogP contribution in [0.4, 0.5) is 0 Å². The highest BCUT2D eigenvalue weighted by molar-refractivity contribution is 6.03. The molecular formula is C15H17N5O. The third-order valence-corrected chi connectivity index (χ3v) is 4.10. The van der Waals surface area contributed by atoms with Gasteiger partial charge in [0.15, 0.2) is 6.04 Å². The zero-order valence-electron chi connectivity index (χ0n) is 12.1. The van der Waals surface area contributed by atoms with Crippen molar-refractivity contribution in [3.8, 4) is 0 Å². The van der Waals surface area contributed by atoms with Crippen molar-refractivity contribution in [3.05, 3.63) is 30.1 Å². The van der Waals surface area contributed by atoms with Gasteiger partial charge in [0, 0.05) is 6.54 Å². The fourth-order valence-corrected chi connectivity index (χ4v) is 3.22. The third-order valence-electron chi connectivity index (χ3n) is 4.10. The number of amidine groups is 1. The van der Waals surface area contributed by atoms with Crippen molar-refractivity contribution in [2.24, 2.45) is 4.99 Å². The van der Waals surface area contributed by atoms with Crippen LogP contribution in [0.3, 0.4) is 0 Å². The molecule has 2 aromatic rings. The number of aromatic amines is 1. The van der Waals surface area contributed by atoms with Crippen LogP contribution in [-0.4, -0.2) is 45.2 Å². The minimum Gasteiger partial charge on any atom is -0.342 e. The molecule has 2 aliphatic rings. The van der Waals surface area contributed by atoms with E-state index in [1.807, 2.05) is 38.1 Å². The summed E-state index contributed by atoms with van der Waals surface area (Å²) in [5.41, 5.74) is 1.40. The molecule has 0 saturated carbocycles. The number of nitrogens with one attached hydrogen (secondary N) is 2. The largest absolute Gasteiger partial charge is 0.342 e. The molecule has 0 spiro atoms. The van der Waals surface area contributed by atoms with E-state index in [9.17, 15) is 4.79 Å². The van der Waals surface area contributed by atoms with Gasteiger partial charge in [0.25, 0.3) is 5.91 Å². The SMILES string of the molecule is CC1(C)NC(=O)C(c2nc3ccccc3[nH]2)N2CCN=C21. The van der Waals surface area contributed by atoms with Gasteiger partial charge in [-0.05, 0) is 26.0 Å². The first kappa shape index (κ1) is 12.4. The molecule has 1 unspecified atom stereocenters. The number of piperazine rings is 1. The molecule has 2 N–H and O–H groups in total. The Labute approximate surface area is 122 Å². The zero-order chi connectivity index (χ0) is 14.6. The van der Waals surface area contributed by atoms with Crippen molar-refractivity contribution in [1.29, 1.82) is 0 Å². The Morgan fingerprint density at radius 2 is 2.14 bits per heavy atom. The van der Waals surface area contributed by atoms with E-state index in [1.54, 1.807) is 0 Å². The van der Waals surface area contributed by atoms with E-state index in [1.165, 1.54) is 0 Å². The molecule has 0 bridgehead atoms. The Hall–Kier alpha value is -2.37. The molecule has 108 valence electrons. The normalized spacial score (nSPS) is 23.9. The average molecular weight is 283 g/mol. The van der Waals surface area contributed by atoms with E-state index in [0.29, 0.717) is 5.82 Å². The standard InChI is InChI=1S/C15H17N5O/c1-15(2)14-16-7-8-20(14)11(13(21)19-15)12-17-9-5-3-4-6-10(9)18-12/h3-6,11H,7-8H2,1-2H3,(H,17,18)(H,19,21). The van der Waals surface area contributed by atoms with Crippen LogP contribution in [0, 0.1) is 0 Å². The summed E-state index contributed by atoms with van der Waals surface area (Å²) in [7, 11) is 0. The van der Waals surface area contributed by atoms with Gasteiger partial charge in [-0.2, -0.15) is 0 Å². The number of imidazole rings is 1. The van der Waals surface area contributed by atoms with Gasteiger partial charge in [-0.15, -0.1) is 0 Å². The summed E-state index contributed by atoms with van der Waals surface area (Å²) in [5.74, 6) is 1.59. The van der Waals surface area contributed by atoms with E-state index in [2.05, 4.69) is 25.2 Å². The highest BCUT2D eigenvalue weighted by Gasteiger charge is 2.46. The molecule has 0 radical (unpaired) electrons. The number of nitrogens with zero attached hydrogens (tertiary/aromatic N) is 3. The number of carbonyl (C=O) groups is 1. The summed E-state index contributed by atoms with van der Waals surface area (Å²) in [4.78, 5) is 27.0. The molecule has 0 aliphatic carbocycles. The maximum absolute atomic E-state index is 12.6. The van der Waals surface area contributed by atoms with Crippen LogP contribution in [0.15, 0.2) is 29.3 Å². The number of aromatic nitrogens is 2. The second-order valence-electron chi connectivity index (χ2n) is 6.05. The predicted molar refractivity (Wildman–Crippen MR) is 80.1 cm³/mol. The molecule has 21 heavy (non-hydrogen) atoms. The van der Waals surface area contributed by atoms with Crippen LogP contribution in [0.5, 0.6) is 0 Å².